The summed E-state index contributed by atoms with van der Waals surface area (Å²) in [6.07, 6.45) is 6.49. The molecule has 1 N–H and O–H groups in total. The zero-order chi connectivity index (χ0) is 8.20. The van der Waals surface area contributed by atoms with Gasteiger partial charge in [0, 0.05) is 0 Å². The van der Waals surface area contributed by atoms with E-state index in [0.29, 0.717) is 0 Å². The maximum absolute atomic E-state index is 10.2. The van der Waals surface area contributed by atoms with Crippen LogP contribution < -0.4 is 0 Å². The van der Waals surface area contributed by atoms with Crippen LogP contribution in [0.4, 0.5) is 0 Å². The SMILES string of the molecule is C#C[C@@](C)(C=C)CC(=O)O. The molecular formula is C8H10O2. The van der Waals surface area contributed by atoms with Gasteiger partial charge in [0.05, 0.1) is 11.8 Å². The third kappa shape index (κ3) is 2.36. The molecule has 0 unspecified atom stereocenters. The summed E-state index contributed by atoms with van der Waals surface area (Å²) in [7, 11) is 0. The molecule has 0 fully saturated rings. The Morgan fingerprint density at radius 2 is 2.50 bits per heavy atom. The number of carboxylic acid groups (broad SMARTS) is 1. The van der Waals surface area contributed by atoms with Gasteiger partial charge < -0.3 is 5.11 Å². The van der Waals surface area contributed by atoms with E-state index in [1.54, 1.807) is 6.92 Å². The van der Waals surface area contributed by atoms with Gasteiger partial charge in [0.15, 0.2) is 0 Å². The topological polar surface area (TPSA) is 37.3 Å². The molecule has 2 nitrogen and oxygen atoms in total. The number of carboxylic acids is 1. The highest BCUT2D eigenvalue weighted by molar-refractivity contribution is 5.68. The summed E-state index contributed by atoms with van der Waals surface area (Å²) in [6.45, 7) is 5.11. The molecule has 10 heavy (non-hydrogen) atoms. The Balaban J connectivity index is 4.24. The molecule has 0 aliphatic rings. The Bertz CT molecular complexity index is 188. The summed E-state index contributed by atoms with van der Waals surface area (Å²) in [6, 6.07) is 0. The monoisotopic (exact) mass is 138 g/mol. The minimum absolute atomic E-state index is 0.0625. The number of aliphatic carboxylic acids is 1. The number of rotatable bonds is 3. The quantitative estimate of drug-likeness (QED) is 0.471. The second-order valence-corrected chi connectivity index (χ2v) is 2.34. The lowest BCUT2D eigenvalue weighted by Gasteiger charge is -2.14. The summed E-state index contributed by atoms with van der Waals surface area (Å²) in [5.41, 5.74) is -0.703. The Labute approximate surface area is 60.6 Å². The van der Waals surface area contributed by atoms with Crippen molar-refractivity contribution in [2.24, 2.45) is 5.41 Å². The van der Waals surface area contributed by atoms with Crippen molar-refractivity contribution < 1.29 is 9.90 Å². The molecule has 0 bridgehead atoms. The lowest BCUT2D eigenvalue weighted by atomic mass is 9.88. The van der Waals surface area contributed by atoms with Gasteiger partial charge in [-0.3, -0.25) is 4.79 Å². The van der Waals surface area contributed by atoms with Crippen LogP contribution in [0.2, 0.25) is 0 Å². The highest BCUT2D eigenvalue weighted by Crippen LogP contribution is 2.20. The molecule has 0 radical (unpaired) electrons. The van der Waals surface area contributed by atoms with E-state index in [-0.39, 0.29) is 6.42 Å². The van der Waals surface area contributed by atoms with Crippen LogP contribution in [0.25, 0.3) is 0 Å². The molecule has 54 valence electrons. The molecule has 2 heteroatoms. The molecule has 0 saturated carbocycles. The van der Waals surface area contributed by atoms with E-state index in [4.69, 9.17) is 11.5 Å². The number of carbonyl (C=O) groups is 1. The van der Waals surface area contributed by atoms with Crippen molar-refractivity contribution >= 4 is 5.97 Å². The average Bonchev–Trinajstić information content (AvgIpc) is 1.87. The standard InChI is InChI=1S/C8H10O2/c1-4-8(3,5-2)6-7(9)10/h1,5H,2,6H2,3H3,(H,9,10)/t8-/m0/s1. The molecular weight excluding hydrogens is 128 g/mol. The van der Waals surface area contributed by atoms with E-state index in [2.05, 4.69) is 12.5 Å². The Kier molecular flexibility index (Phi) is 2.69. The van der Waals surface area contributed by atoms with Crippen LogP contribution in [0.1, 0.15) is 13.3 Å². The van der Waals surface area contributed by atoms with E-state index in [1.807, 2.05) is 0 Å². The second kappa shape index (κ2) is 3.07. The Morgan fingerprint density at radius 3 is 2.60 bits per heavy atom. The summed E-state index contributed by atoms with van der Waals surface area (Å²) in [5.74, 6) is 1.46. The molecule has 0 aliphatic carbocycles. The van der Waals surface area contributed by atoms with Gasteiger partial charge in [-0.05, 0) is 6.92 Å². The van der Waals surface area contributed by atoms with Crippen molar-refractivity contribution in [2.45, 2.75) is 13.3 Å². The minimum Gasteiger partial charge on any atom is -0.481 e. The molecule has 0 amide bonds. The third-order valence-electron chi connectivity index (χ3n) is 1.30. The van der Waals surface area contributed by atoms with Crippen molar-refractivity contribution in [3.63, 3.8) is 0 Å². The van der Waals surface area contributed by atoms with E-state index in [9.17, 15) is 4.79 Å². The number of hydrogen-bond donors (Lipinski definition) is 1. The van der Waals surface area contributed by atoms with Gasteiger partial charge in [-0.1, -0.05) is 12.0 Å². The lowest BCUT2D eigenvalue weighted by Crippen LogP contribution is -2.15. The van der Waals surface area contributed by atoms with Crippen molar-refractivity contribution in [2.75, 3.05) is 0 Å². The predicted molar refractivity (Wildman–Crippen MR) is 39.4 cm³/mol. The highest BCUT2D eigenvalue weighted by atomic mass is 16.4. The van der Waals surface area contributed by atoms with E-state index < -0.39 is 11.4 Å². The van der Waals surface area contributed by atoms with Crippen molar-refractivity contribution in [1.29, 1.82) is 0 Å². The maximum atomic E-state index is 10.2. The van der Waals surface area contributed by atoms with Gasteiger partial charge in [-0.2, -0.15) is 0 Å². The molecule has 0 saturated heterocycles. The Morgan fingerprint density at radius 1 is 2.00 bits per heavy atom. The van der Waals surface area contributed by atoms with E-state index in [1.165, 1.54) is 6.08 Å². The van der Waals surface area contributed by atoms with Crippen LogP contribution in [-0.2, 0) is 4.79 Å². The average molecular weight is 138 g/mol. The van der Waals surface area contributed by atoms with Gasteiger partial charge in [0.25, 0.3) is 0 Å². The molecule has 0 aliphatic heterocycles. The number of terminal acetylenes is 1. The van der Waals surface area contributed by atoms with Crippen LogP contribution in [0.3, 0.4) is 0 Å². The fraction of sp³-hybridized carbons (Fsp3) is 0.375. The van der Waals surface area contributed by atoms with Crippen molar-refractivity contribution in [3.8, 4) is 12.3 Å². The summed E-state index contributed by atoms with van der Waals surface area (Å²) >= 11 is 0. The molecule has 0 aromatic rings. The molecule has 1 atom stereocenters. The first kappa shape index (κ1) is 8.77. The fourth-order valence-corrected chi connectivity index (χ4v) is 0.496. The summed E-state index contributed by atoms with van der Waals surface area (Å²) in [4.78, 5) is 10.2. The Hall–Kier alpha value is -1.23. The smallest absolute Gasteiger partial charge is 0.305 e. The first-order chi connectivity index (χ1) is 4.54. The van der Waals surface area contributed by atoms with E-state index >= 15 is 0 Å². The van der Waals surface area contributed by atoms with Gasteiger partial charge >= 0.3 is 5.97 Å². The largest absolute Gasteiger partial charge is 0.481 e. The first-order valence-electron chi connectivity index (χ1n) is 2.87. The normalized spacial score (nSPS) is 14.8. The second-order valence-electron chi connectivity index (χ2n) is 2.34. The first-order valence-corrected chi connectivity index (χ1v) is 2.87. The highest BCUT2D eigenvalue weighted by Gasteiger charge is 2.20. The maximum Gasteiger partial charge on any atom is 0.305 e. The molecule has 0 rings (SSSR count). The zero-order valence-electron chi connectivity index (χ0n) is 5.92. The van der Waals surface area contributed by atoms with Crippen LogP contribution in [0.15, 0.2) is 12.7 Å². The molecule has 0 aromatic heterocycles. The van der Waals surface area contributed by atoms with Gasteiger partial charge in [0.1, 0.15) is 0 Å². The zero-order valence-corrected chi connectivity index (χ0v) is 5.92. The predicted octanol–water partition coefficient (Wildman–Crippen LogP) is 1.29. The molecule has 0 aromatic carbocycles. The number of allylic oxidation sites excluding steroid dienone is 1. The minimum atomic E-state index is -0.902. The lowest BCUT2D eigenvalue weighted by molar-refractivity contribution is -0.138. The van der Waals surface area contributed by atoms with Crippen LogP contribution in [0, 0.1) is 17.8 Å². The van der Waals surface area contributed by atoms with Gasteiger partial charge in [0.2, 0.25) is 0 Å². The summed E-state index contributed by atoms with van der Waals surface area (Å²) in [5, 5.41) is 8.37. The molecule has 0 heterocycles. The van der Waals surface area contributed by atoms with Gasteiger partial charge in [-0.15, -0.1) is 13.0 Å². The summed E-state index contributed by atoms with van der Waals surface area (Å²) < 4.78 is 0. The molecule has 0 spiro atoms. The van der Waals surface area contributed by atoms with Gasteiger partial charge in [-0.25, -0.2) is 0 Å². The van der Waals surface area contributed by atoms with Crippen molar-refractivity contribution in [1.82, 2.24) is 0 Å². The van der Waals surface area contributed by atoms with Crippen LogP contribution in [-0.4, -0.2) is 11.1 Å². The fourth-order valence-electron chi connectivity index (χ4n) is 0.496. The van der Waals surface area contributed by atoms with Crippen LogP contribution in [0.5, 0.6) is 0 Å². The van der Waals surface area contributed by atoms with E-state index in [0.717, 1.165) is 0 Å². The van der Waals surface area contributed by atoms with Crippen molar-refractivity contribution in [3.05, 3.63) is 12.7 Å². The van der Waals surface area contributed by atoms with Crippen LogP contribution >= 0.6 is 0 Å². The number of hydrogen-bond acceptors (Lipinski definition) is 1. The third-order valence-corrected chi connectivity index (χ3v) is 1.30.